The molecular weight excluding hydrogens is 350 g/mol. The molecule has 3 rings (SSSR count). The Labute approximate surface area is 157 Å². The first-order valence-electron chi connectivity index (χ1n) is 8.16. The minimum Gasteiger partial charge on any atom is -0.492 e. The molecule has 1 amide bonds. The van der Waals surface area contributed by atoms with E-state index in [-0.39, 0.29) is 5.91 Å². The summed E-state index contributed by atoms with van der Waals surface area (Å²) in [5.74, 6) is 0.371. The second kappa shape index (κ2) is 8.36. The summed E-state index contributed by atoms with van der Waals surface area (Å²) in [6.07, 6.45) is 3.17. The molecule has 26 heavy (non-hydrogen) atoms. The van der Waals surface area contributed by atoms with Gasteiger partial charge in [-0.2, -0.15) is 0 Å². The van der Waals surface area contributed by atoms with Crippen LogP contribution in [-0.4, -0.2) is 17.5 Å². The van der Waals surface area contributed by atoms with Crippen molar-refractivity contribution in [2.75, 3.05) is 17.2 Å². The lowest BCUT2D eigenvalue weighted by Crippen LogP contribution is -2.13. The van der Waals surface area contributed by atoms with Gasteiger partial charge in [0.25, 0.3) is 5.91 Å². The summed E-state index contributed by atoms with van der Waals surface area (Å²) in [6.45, 7) is 2.42. The molecule has 1 aromatic heterocycles. The number of hydrogen-bond acceptors (Lipinski definition) is 4. The lowest BCUT2D eigenvalue weighted by Gasteiger charge is -2.12. The third kappa shape index (κ3) is 4.52. The largest absolute Gasteiger partial charge is 0.492 e. The Hall–Kier alpha value is -3.05. The molecule has 132 valence electrons. The average Bonchev–Trinajstić information content (AvgIpc) is 2.66. The topological polar surface area (TPSA) is 63.2 Å². The Morgan fingerprint density at radius 2 is 1.85 bits per heavy atom. The molecule has 6 heteroatoms. The van der Waals surface area contributed by atoms with Crippen molar-refractivity contribution < 1.29 is 9.53 Å². The van der Waals surface area contributed by atoms with Crippen LogP contribution in [0, 0.1) is 0 Å². The number of nitrogens with zero attached hydrogens (tertiary/aromatic N) is 1. The number of pyridine rings is 1. The molecule has 0 spiro atoms. The lowest BCUT2D eigenvalue weighted by atomic mass is 10.2. The third-order valence-electron chi connectivity index (χ3n) is 3.57. The van der Waals surface area contributed by atoms with Gasteiger partial charge in [0.05, 0.1) is 29.7 Å². The fourth-order valence-corrected chi connectivity index (χ4v) is 2.50. The van der Waals surface area contributed by atoms with Crippen LogP contribution in [0.5, 0.6) is 5.75 Å². The second-order valence-corrected chi connectivity index (χ2v) is 5.91. The smallest absolute Gasteiger partial charge is 0.257 e. The molecule has 0 radical (unpaired) electrons. The third-order valence-corrected chi connectivity index (χ3v) is 3.82. The number of carbonyl (C=O) groups is 1. The summed E-state index contributed by atoms with van der Waals surface area (Å²) >= 11 is 5.89. The summed E-state index contributed by atoms with van der Waals surface area (Å²) in [5, 5.41) is 6.72. The highest BCUT2D eigenvalue weighted by atomic mass is 35.5. The first kappa shape index (κ1) is 17.8. The fourth-order valence-electron chi connectivity index (χ4n) is 2.38. The van der Waals surface area contributed by atoms with Gasteiger partial charge in [0.1, 0.15) is 5.75 Å². The minimum absolute atomic E-state index is 0.260. The molecule has 0 atom stereocenters. The lowest BCUT2D eigenvalue weighted by molar-refractivity contribution is 0.102. The molecule has 2 N–H and O–H groups in total. The van der Waals surface area contributed by atoms with E-state index < -0.39 is 0 Å². The van der Waals surface area contributed by atoms with E-state index in [1.165, 1.54) is 6.20 Å². The number of benzene rings is 2. The van der Waals surface area contributed by atoms with Crippen LogP contribution in [0.4, 0.5) is 17.1 Å². The number of ether oxygens (including phenoxy) is 1. The summed E-state index contributed by atoms with van der Waals surface area (Å²) in [7, 11) is 0. The maximum absolute atomic E-state index is 12.6. The van der Waals surface area contributed by atoms with Crippen molar-refractivity contribution in [3.05, 3.63) is 77.6 Å². The quantitative estimate of drug-likeness (QED) is 0.634. The normalized spacial score (nSPS) is 10.2. The van der Waals surface area contributed by atoms with Gasteiger partial charge in [0, 0.05) is 16.9 Å². The Kier molecular flexibility index (Phi) is 5.71. The zero-order valence-electron chi connectivity index (χ0n) is 14.2. The van der Waals surface area contributed by atoms with E-state index in [4.69, 9.17) is 16.3 Å². The molecule has 5 nitrogen and oxygen atoms in total. The number of carbonyl (C=O) groups excluding carboxylic acids is 1. The fraction of sp³-hybridized carbons (Fsp3) is 0.100. The number of halogens is 1. The Morgan fingerprint density at radius 3 is 2.62 bits per heavy atom. The molecule has 0 saturated carbocycles. The molecule has 0 saturated heterocycles. The monoisotopic (exact) mass is 367 g/mol. The molecule has 3 aromatic rings. The number of amides is 1. The van der Waals surface area contributed by atoms with Gasteiger partial charge in [-0.3, -0.25) is 9.78 Å². The molecule has 0 fully saturated rings. The van der Waals surface area contributed by atoms with Gasteiger partial charge in [0.15, 0.2) is 0 Å². The number of para-hydroxylation sites is 2. The van der Waals surface area contributed by atoms with Crippen molar-refractivity contribution in [1.29, 1.82) is 0 Å². The molecule has 2 aromatic carbocycles. The van der Waals surface area contributed by atoms with Gasteiger partial charge in [-0.25, -0.2) is 0 Å². The van der Waals surface area contributed by atoms with E-state index in [2.05, 4.69) is 15.6 Å². The molecule has 1 heterocycles. The predicted octanol–water partition coefficient (Wildman–Crippen LogP) is 5.13. The highest BCUT2D eigenvalue weighted by molar-refractivity contribution is 6.30. The summed E-state index contributed by atoms with van der Waals surface area (Å²) in [4.78, 5) is 16.7. The average molecular weight is 368 g/mol. The van der Waals surface area contributed by atoms with Gasteiger partial charge in [-0.1, -0.05) is 23.7 Å². The number of hydrogen-bond donors (Lipinski definition) is 2. The van der Waals surface area contributed by atoms with Crippen molar-refractivity contribution in [1.82, 2.24) is 4.98 Å². The van der Waals surface area contributed by atoms with Crippen molar-refractivity contribution >= 4 is 34.6 Å². The number of anilines is 3. The van der Waals surface area contributed by atoms with Crippen LogP contribution >= 0.6 is 11.6 Å². The summed E-state index contributed by atoms with van der Waals surface area (Å²) in [5.41, 5.74) is 2.62. The minimum atomic E-state index is -0.260. The molecule has 0 aliphatic rings. The van der Waals surface area contributed by atoms with Crippen LogP contribution in [0.3, 0.4) is 0 Å². The Bertz CT molecular complexity index is 898. The summed E-state index contributed by atoms with van der Waals surface area (Å²) < 4.78 is 5.53. The molecular formula is C20H18ClN3O2. The van der Waals surface area contributed by atoms with E-state index in [1.54, 1.807) is 30.5 Å². The Balaban J connectivity index is 1.75. The van der Waals surface area contributed by atoms with Crippen LogP contribution in [0.15, 0.2) is 67.0 Å². The summed E-state index contributed by atoms with van der Waals surface area (Å²) in [6, 6.07) is 16.3. The maximum atomic E-state index is 12.6. The highest BCUT2D eigenvalue weighted by Gasteiger charge is 2.11. The van der Waals surface area contributed by atoms with Crippen molar-refractivity contribution in [2.45, 2.75) is 6.92 Å². The number of aromatic nitrogens is 1. The van der Waals surface area contributed by atoms with Crippen LogP contribution in [0.2, 0.25) is 5.02 Å². The zero-order chi connectivity index (χ0) is 18.4. The molecule has 0 aliphatic carbocycles. The van der Waals surface area contributed by atoms with E-state index in [9.17, 15) is 4.79 Å². The Morgan fingerprint density at radius 1 is 1.08 bits per heavy atom. The number of rotatable bonds is 6. The van der Waals surface area contributed by atoms with Gasteiger partial charge >= 0.3 is 0 Å². The van der Waals surface area contributed by atoms with Crippen molar-refractivity contribution in [2.24, 2.45) is 0 Å². The van der Waals surface area contributed by atoms with Crippen LogP contribution in [-0.2, 0) is 0 Å². The molecule has 0 unspecified atom stereocenters. The number of nitrogens with one attached hydrogen (secondary N) is 2. The van der Waals surface area contributed by atoms with Crippen molar-refractivity contribution in [3.63, 3.8) is 0 Å². The van der Waals surface area contributed by atoms with E-state index >= 15 is 0 Å². The molecule has 0 bridgehead atoms. The predicted molar refractivity (Wildman–Crippen MR) is 105 cm³/mol. The first-order chi connectivity index (χ1) is 12.7. The van der Waals surface area contributed by atoms with E-state index in [0.29, 0.717) is 34.3 Å². The van der Waals surface area contributed by atoms with E-state index in [1.807, 2.05) is 37.3 Å². The highest BCUT2D eigenvalue weighted by Crippen LogP contribution is 2.25. The standard InChI is InChI=1S/C20H18ClN3O2/c1-2-26-19-6-4-3-5-18(19)24-20(25)14-11-17(13-22-12-14)23-16-9-7-15(21)8-10-16/h3-13,23H,2H2,1H3,(H,24,25). The van der Waals surface area contributed by atoms with Gasteiger partial charge in [0.2, 0.25) is 0 Å². The first-order valence-corrected chi connectivity index (χ1v) is 8.54. The van der Waals surface area contributed by atoms with Crippen LogP contribution < -0.4 is 15.4 Å². The van der Waals surface area contributed by atoms with Gasteiger partial charge in [-0.15, -0.1) is 0 Å². The molecule has 0 aliphatic heterocycles. The zero-order valence-corrected chi connectivity index (χ0v) is 15.0. The van der Waals surface area contributed by atoms with Gasteiger partial charge in [-0.05, 0) is 49.4 Å². The van der Waals surface area contributed by atoms with E-state index in [0.717, 1.165) is 5.69 Å². The van der Waals surface area contributed by atoms with Crippen LogP contribution in [0.1, 0.15) is 17.3 Å². The maximum Gasteiger partial charge on any atom is 0.257 e. The SMILES string of the molecule is CCOc1ccccc1NC(=O)c1cncc(Nc2ccc(Cl)cc2)c1. The van der Waals surface area contributed by atoms with Crippen molar-refractivity contribution in [3.8, 4) is 5.75 Å². The van der Waals surface area contributed by atoms with Crippen LogP contribution in [0.25, 0.3) is 0 Å². The second-order valence-electron chi connectivity index (χ2n) is 5.48. The van der Waals surface area contributed by atoms with Gasteiger partial charge < -0.3 is 15.4 Å².